The van der Waals surface area contributed by atoms with Crippen molar-refractivity contribution in [2.75, 3.05) is 19.8 Å². The van der Waals surface area contributed by atoms with Crippen LogP contribution in [0, 0.1) is 62.6 Å². The SMILES string of the molecule is CC(=O)O[C@H](C)[C@H](OC[C@@](C)(NC(=O)OCc1ccccc1)C(C)C)C1(C)COC[C@@]2(C)C3=CC[C@@]4(C)[C@H](C(C)=O)[C@@](C)([C@H](C)C(C)C)CC[C@]4(C)[C@H]3CC[C@@H]12. The van der Waals surface area contributed by atoms with Crippen molar-refractivity contribution in [3.8, 4) is 0 Å². The zero-order valence-electron chi connectivity index (χ0n) is 37.3. The second-order valence-electron chi connectivity index (χ2n) is 20.7. The third kappa shape index (κ3) is 7.64. The number of ketones is 1. The highest BCUT2D eigenvalue weighted by Crippen LogP contribution is 2.73. The molecule has 1 saturated heterocycles. The summed E-state index contributed by atoms with van der Waals surface area (Å²) >= 11 is 0. The number of amides is 1. The van der Waals surface area contributed by atoms with E-state index in [0.717, 1.165) is 37.7 Å². The van der Waals surface area contributed by atoms with Gasteiger partial charge in [-0.2, -0.15) is 0 Å². The van der Waals surface area contributed by atoms with Crippen molar-refractivity contribution < 1.29 is 33.3 Å². The lowest BCUT2D eigenvalue weighted by Crippen LogP contribution is -2.66. The summed E-state index contributed by atoms with van der Waals surface area (Å²) in [6, 6.07) is 9.63. The standard InChI is InChI=1S/C48H75NO7/c1-30(2)32(5)43(9)24-25-46(12)38-20-21-39-44(10,37(38)22-23-47(46,13)40(43)33(6)50)27-53-28-45(39,11)41(34(7)56-35(8)51)55-29-48(14,31(3)4)49-42(52)54-26-36-18-16-15-17-19-36/h15-19,22,30-32,34,38-41H,20-21,23-29H2,1-14H3,(H,49,52)/t32-,34-,38+,39-,40-,41+,43-,44+,45?,46-,47+,48-/m1/s1. The molecule has 8 heteroatoms. The molecule has 1 aromatic rings. The zero-order chi connectivity index (χ0) is 41.6. The lowest BCUT2D eigenvalue weighted by atomic mass is 9.35. The molecule has 1 amide bonds. The molecule has 3 fully saturated rings. The minimum Gasteiger partial charge on any atom is -0.460 e. The molecule has 4 aliphatic rings. The third-order valence-corrected chi connectivity index (χ3v) is 16.8. The summed E-state index contributed by atoms with van der Waals surface area (Å²) in [5.74, 6) is 1.45. The number of allylic oxidation sites excluding steroid dienone is 1. The van der Waals surface area contributed by atoms with Gasteiger partial charge in [-0.05, 0) is 104 Å². The molecule has 0 bridgehead atoms. The van der Waals surface area contributed by atoms with Crippen LogP contribution in [0.3, 0.4) is 0 Å². The smallest absolute Gasteiger partial charge is 0.407 e. The molecule has 1 aliphatic heterocycles. The minimum atomic E-state index is -0.768. The topological polar surface area (TPSA) is 100 Å². The maximum Gasteiger partial charge on any atom is 0.407 e. The normalized spacial score (nSPS) is 36.8. The van der Waals surface area contributed by atoms with Gasteiger partial charge in [-0.15, -0.1) is 0 Å². The van der Waals surface area contributed by atoms with Crippen LogP contribution in [-0.2, 0) is 35.1 Å². The van der Waals surface area contributed by atoms with E-state index in [4.69, 9.17) is 18.9 Å². The number of hydrogen-bond acceptors (Lipinski definition) is 7. The first-order valence-electron chi connectivity index (χ1n) is 21.6. The second kappa shape index (κ2) is 16.2. The number of nitrogens with one attached hydrogen (secondary N) is 1. The van der Waals surface area contributed by atoms with Gasteiger partial charge in [0.1, 0.15) is 24.6 Å². The Morgan fingerprint density at radius 2 is 1.55 bits per heavy atom. The molecule has 1 unspecified atom stereocenters. The molecular formula is C48H75NO7. The van der Waals surface area contributed by atoms with Crippen molar-refractivity contribution in [1.82, 2.24) is 5.32 Å². The Labute approximate surface area is 339 Å². The van der Waals surface area contributed by atoms with E-state index in [1.807, 2.05) is 51.1 Å². The third-order valence-electron chi connectivity index (χ3n) is 16.8. The fourth-order valence-corrected chi connectivity index (χ4v) is 12.8. The van der Waals surface area contributed by atoms with Crippen molar-refractivity contribution in [3.05, 3.63) is 47.5 Å². The first kappa shape index (κ1) is 44.4. The lowest BCUT2D eigenvalue weighted by molar-refractivity contribution is -0.226. The highest BCUT2D eigenvalue weighted by atomic mass is 16.6. The number of ether oxygens (including phenoxy) is 4. The van der Waals surface area contributed by atoms with Crippen LogP contribution >= 0.6 is 0 Å². The maximum atomic E-state index is 13.9. The maximum absolute atomic E-state index is 13.9. The molecule has 56 heavy (non-hydrogen) atoms. The van der Waals surface area contributed by atoms with E-state index in [-0.39, 0.29) is 58.6 Å². The Hall–Kier alpha value is -2.71. The molecule has 12 atom stereocenters. The number of esters is 1. The number of alkyl carbamates (subject to hydrolysis) is 1. The van der Waals surface area contributed by atoms with Gasteiger partial charge in [-0.25, -0.2) is 4.79 Å². The fourth-order valence-electron chi connectivity index (χ4n) is 12.8. The monoisotopic (exact) mass is 778 g/mol. The number of hydrogen-bond donors (Lipinski definition) is 1. The van der Waals surface area contributed by atoms with Crippen molar-refractivity contribution in [2.24, 2.45) is 62.6 Å². The van der Waals surface area contributed by atoms with Crippen LogP contribution in [0.4, 0.5) is 4.79 Å². The van der Waals surface area contributed by atoms with Crippen LogP contribution in [0.5, 0.6) is 0 Å². The Kier molecular flexibility index (Phi) is 12.8. The average Bonchev–Trinajstić information content (AvgIpc) is 3.10. The van der Waals surface area contributed by atoms with Gasteiger partial charge in [-0.3, -0.25) is 9.59 Å². The number of carbonyl (C=O) groups is 3. The molecule has 1 N–H and O–H groups in total. The number of benzene rings is 1. The van der Waals surface area contributed by atoms with E-state index in [9.17, 15) is 14.4 Å². The van der Waals surface area contributed by atoms with Crippen LogP contribution in [0.25, 0.3) is 0 Å². The van der Waals surface area contributed by atoms with Crippen molar-refractivity contribution in [1.29, 1.82) is 0 Å². The molecule has 3 aliphatic carbocycles. The van der Waals surface area contributed by atoms with Crippen LogP contribution in [0.15, 0.2) is 42.0 Å². The predicted molar refractivity (Wildman–Crippen MR) is 222 cm³/mol. The first-order valence-corrected chi connectivity index (χ1v) is 21.6. The molecule has 0 radical (unpaired) electrons. The van der Waals surface area contributed by atoms with E-state index < -0.39 is 29.3 Å². The molecule has 1 aromatic carbocycles. The van der Waals surface area contributed by atoms with E-state index in [0.29, 0.717) is 36.8 Å². The minimum absolute atomic E-state index is 0.00901. The van der Waals surface area contributed by atoms with Crippen molar-refractivity contribution >= 4 is 17.8 Å². The van der Waals surface area contributed by atoms with Crippen LogP contribution in [0.1, 0.15) is 135 Å². The largest absolute Gasteiger partial charge is 0.460 e. The zero-order valence-corrected chi connectivity index (χ0v) is 37.3. The summed E-state index contributed by atoms with van der Waals surface area (Å²) in [5.41, 5.74) is 0.603. The van der Waals surface area contributed by atoms with Crippen LogP contribution in [0.2, 0.25) is 0 Å². The number of carbonyl (C=O) groups excluding carboxylic acids is 3. The quantitative estimate of drug-likeness (QED) is 0.157. The molecule has 5 rings (SSSR count). The fraction of sp³-hybridized carbons (Fsp3) is 0.771. The van der Waals surface area contributed by atoms with E-state index in [1.54, 1.807) is 0 Å². The molecule has 1 heterocycles. The van der Waals surface area contributed by atoms with Crippen molar-refractivity contribution in [3.63, 3.8) is 0 Å². The summed E-state index contributed by atoms with van der Waals surface area (Å²) in [7, 11) is 0. The highest BCUT2D eigenvalue weighted by molar-refractivity contribution is 5.80. The first-order chi connectivity index (χ1) is 26.0. The summed E-state index contributed by atoms with van der Waals surface area (Å²) in [5, 5.41) is 3.12. The molecular weight excluding hydrogens is 703 g/mol. The summed E-state index contributed by atoms with van der Waals surface area (Å²) in [6.07, 6.45) is 6.00. The number of fused-ring (bicyclic) bond motifs is 5. The Balaban J connectivity index is 1.45. The van der Waals surface area contributed by atoms with E-state index in [1.165, 1.54) is 12.5 Å². The number of rotatable bonds is 13. The predicted octanol–water partition coefficient (Wildman–Crippen LogP) is 10.4. The lowest BCUT2D eigenvalue weighted by Gasteiger charge is -2.69. The van der Waals surface area contributed by atoms with Gasteiger partial charge in [-0.1, -0.05) is 111 Å². The van der Waals surface area contributed by atoms with Crippen LogP contribution in [-0.4, -0.2) is 55.4 Å². The van der Waals surface area contributed by atoms with E-state index >= 15 is 0 Å². The Morgan fingerprint density at radius 3 is 2.14 bits per heavy atom. The number of Topliss-reactive ketones (excluding diaryl/α,β-unsaturated/α-hetero) is 1. The van der Waals surface area contributed by atoms with Gasteiger partial charge < -0.3 is 24.3 Å². The van der Waals surface area contributed by atoms with Gasteiger partial charge in [0.2, 0.25) is 0 Å². The molecule has 314 valence electrons. The summed E-state index contributed by atoms with van der Waals surface area (Å²) < 4.78 is 25.3. The van der Waals surface area contributed by atoms with Gasteiger partial charge in [0.05, 0.1) is 25.4 Å². The Morgan fingerprint density at radius 1 is 0.893 bits per heavy atom. The molecule has 0 aromatic heterocycles. The van der Waals surface area contributed by atoms with E-state index in [2.05, 4.69) is 80.6 Å². The van der Waals surface area contributed by atoms with Crippen molar-refractivity contribution in [2.45, 2.75) is 153 Å². The summed E-state index contributed by atoms with van der Waals surface area (Å²) in [4.78, 5) is 39.6. The van der Waals surface area contributed by atoms with Gasteiger partial charge in [0.25, 0.3) is 0 Å². The van der Waals surface area contributed by atoms with Crippen LogP contribution < -0.4 is 5.32 Å². The summed E-state index contributed by atoms with van der Waals surface area (Å²) in [6.45, 7) is 31.8. The second-order valence-corrected chi connectivity index (χ2v) is 20.7. The molecule has 8 nitrogen and oxygen atoms in total. The average molecular weight is 778 g/mol. The Bertz CT molecular complexity index is 1620. The highest BCUT2D eigenvalue weighted by Gasteiger charge is 2.68. The van der Waals surface area contributed by atoms with Gasteiger partial charge in [0, 0.05) is 23.7 Å². The van der Waals surface area contributed by atoms with Gasteiger partial charge >= 0.3 is 12.1 Å². The molecule has 0 spiro atoms. The molecule has 2 saturated carbocycles. The van der Waals surface area contributed by atoms with Gasteiger partial charge in [0.15, 0.2) is 0 Å².